The maximum absolute atomic E-state index is 11.1. The van der Waals surface area contributed by atoms with Crippen LogP contribution in [0.5, 0.6) is 0 Å². The Bertz CT molecular complexity index is 478. The molecule has 0 bridgehead atoms. The molecule has 0 aliphatic carbocycles. The second-order valence-electron chi connectivity index (χ2n) is 4.52. The fourth-order valence-corrected chi connectivity index (χ4v) is 3.84. The summed E-state index contributed by atoms with van der Waals surface area (Å²) in [5.74, 6) is 0. The predicted octanol–water partition coefficient (Wildman–Crippen LogP) is 0.581. The van der Waals surface area contributed by atoms with Crippen LogP contribution in [0.3, 0.4) is 0 Å². The molecule has 18 heavy (non-hydrogen) atoms. The molecule has 1 aromatic heterocycles. The number of primary sulfonamides is 1. The summed E-state index contributed by atoms with van der Waals surface area (Å²) in [6, 6.07) is 1.64. The van der Waals surface area contributed by atoms with Crippen molar-refractivity contribution in [3.8, 4) is 0 Å². The molecule has 0 radical (unpaired) electrons. The van der Waals surface area contributed by atoms with Gasteiger partial charge in [0.1, 0.15) is 0 Å². The molecule has 7 heteroatoms. The zero-order chi connectivity index (χ0) is 13.0. The molecule has 102 valence electrons. The van der Waals surface area contributed by atoms with Gasteiger partial charge in [0, 0.05) is 29.9 Å². The number of nitrogens with zero attached hydrogens (tertiary/aromatic N) is 1. The Morgan fingerprint density at radius 2 is 2.11 bits per heavy atom. The van der Waals surface area contributed by atoms with Crippen LogP contribution >= 0.6 is 11.3 Å². The number of likely N-dealkylation sites (tertiary alicyclic amines) is 1. The van der Waals surface area contributed by atoms with Crippen molar-refractivity contribution in [1.82, 2.24) is 10.2 Å². The third-order valence-electron chi connectivity index (χ3n) is 3.06. The smallest absolute Gasteiger partial charge is 0.238 e. The van der Waals surface area contributed by atoms with Gasteiger partial charge in [-0.1, -0.05) is 0 Å². The quantitative estimate of drug-likeness (QED) is 0.751. The highest BCUT2D eigenvalue weighted by Crippen LogP contribution is 2.17. The van der Waals surface area contributed by atoms with Gasteiger partial charge in [-0.05, 0) is 32.0 Å². The third-order valence-corrected chi connectivity index (χ3v) is 5.04. The molecular weight excluding hydrogens is 270 g/mol. The second-order valence-corrected chi connectivity index (χ2v) is 7.08. The Labute approximate surface area is 112 Å². The van der Waals surface area contributed by atoms with Crippen LogP contribution in [0.15, 0.2) is 16.3 Å². The van der Waals surface area contributed by atoms with Crippen LogP contribution in [-0.4, -0.2) is 39.5 Å². The van der Waals surface area contributed by atoms with E-state index in [2.05, 4.69) is 10.2 Å². The molecular formula is C11H19N3O2S2. The van der Waals surface area contributed by atoms with E-state index in [1.807, 2.05) is 0 Å². The molecule has 0 atom stereocenters. The van der Waals surface area contributed by atoms with E-state index in [1.165, 1.54) is 37.3 Å². The van der Waals surface area contributed by atoms with Crippen molar-refractivity contribution in [2.24, 2.45) is 5.14 Å². The molecule has 1 aromatic rings. The van der Waals surface area contributed by atoms with Crippen LogP contribution in [0.1, 0.15) is 17.7 Å². The first-order valence-electron chi connectivity index (χ1n) is 6.09. The minimum absolute atomic E-state index is 0.212. The number of sulfonamides is 1. The fourth-order valence-electron chi connectivity index (χ4n) is 2.06. The number of hydrogen-bond donors (Lipinski definition) is 2. The molecule has 1 aliphatic rings. The van der Waals surface area contributed by atoms with E-state index in [1.54, 1.807) is 11.4 Å². The van der Waals surface area contributed by atoms with Crippen molar-refractivity contribution in [2.75, 3.05) is 26.2 Å². The van der Waals surface area contributed by atoms with Crippen molar-refractivity contribution in [3.05, 3.63) is 16.3 Å². The molecule has 0 amide bonds. The monoisotopic (exact) mass is 289 g/mol. The minimum Gasteiger partial charge on any atom is -0.311 e. The first-order valence-corrected chi connectivity index (χ1v) is 8.51. The van der Waals surface area contributed by atoms with Crippen LogP contribution in [-0.2, 0) is 16.6 Å². The molecule has 2 heterocycles. The molecule has 1 fully saturated rings. The van der Waals surface area contributed by atoms with E-state index in [9.17, 15) is 8.42 Å². The lowest BCUT2D eigenvalue weighted by molar-refractivity contribution is 0.336. The minimum atomic E-state index is -3.55. The van der Waals surface area contributed by atoms with Gasteiger partial charge in [-0.25, -0.2) is 13.6 Å². The highest BCUT2D eigenvalue weighted by atomic mass is 32.2. The topological polar surface area (TPSA) is 75.4 Å². The van der Waals surface area contributed by atoms with E-state index in [4.69, 9.17) is 5.14 Å². The van der Waals surface area contributed by atoms with Crippen LogP contribution < -0.4 is 10.5 Å². The van der Waals surface area contributed by atoms with E-state index in [0.717, 1.165) is 18.0 Å². The van der Waals surface area contributed by atoms with E-state index < -0.39 is 10.0 Å². The largest absolute Gasteiger partial charge is 0.311 e. The Morgan fingerprint density at radius 1 is 1.39 bits per heavy atom. The number of rotatable bonds is 6. The third kappa shape index (κ3) is 4.03. The van der Waals surface area contributed by atoms with Gasteiger partial charge in [0.2, 0.25) is 10.0 Å². The van der Waals surface area contributed by atoms with Crippen LogP contribution in [0, 0.1) is 0 Å². The average molecular weight is 289 g/mol. The summed E-state index contributed by atoms with van der Waals surface area (Å²) in [4.78, 5) is 3.65. The molecule has 0 aromatic carbocycles. The van der Waals surface area contributed by atoms with E-state index in [0.29, 0.717) is 6.54 Å². The maximum Gasteiger partial charge on any atom is 0.238 e. The Hall–Kier alpha value is -0.470. The van der Waals surface area contributed by atoms with Gasteiger partial charge < -0.3 is 10.2 Å². The van der Waals surface area contributed by atoms with Crippen LogP contribution in [0.25, 0.3) is 0 Å². The van der Waals surface area contributed by atoms with Crippen molar-refractivity contribution in [1.29, 1.82) is 0 Å². The van der Waals surface area contributed by atoms with Crippen molar-refractivity contribution >= 4 is 21.4 Å². The number of thiophene rings is 1. The van der Waals surface area contributed by atoms with Gasteiger partial charge in [-0.3, -0.25) is 0 Å². The van der Waals surface area contributed by atoms with Gasteiger partial charge in [-0.15, -0.1) is 11.3 Å². The molecule has 1 saturated heterocycles. The van der Waals surface area contributed by atoms with Gasteiger partial charge in [-0.2, -0.15) is 0 Å². The van der Waals surface area contributed by atoms with Crippen LogP contribution in [0.2, 0.25) is 0 Å². The van der Waals surface area contributed by atoms with Crippen molar-refractivity contribution in [3.63, 3.8) is 0 Å². The first kappa shape index (κ1) is 14.0. The molecule has 0 spiro atoms. The zero-order valence-electron chi connectivity index (χ0n) is 10.3. The number of hydrogen-bond acceptors (Lipinski definition) is 5. The van der Waals surface area contributed by atoms with E-state index in [-0.39, 0.29) is 4.90 Å². The van der Waals surface area contributed by atoms with Crippen LogP contribution in [0.4, 0.5) is 0 Å². The summed E-state index contributed by atoms with van der Waals surface area (Å²) in [6.07, 6.45) is 2.62. The van der Waals surface area contributed by atoms with Crippen molar-refractivity contribution in [2.45, 2.75) is 24.3 Å². The number of nitrogens with one attached hydrogen (secondary N) is 1. The highest BCUT2D eigenvalue weighted by molar-refractivity contribution is 7.89. The maximum atomic E-state index is 11.1. The molecule has 0 saturated carbocycles. The summed E-state index contributed by atoms with van der Waals surface area (Å²) in [7, 11) is -3.55. The zero-order valence-corrected chi connectivity index (χ0v) is 11.9. The van der Waals surface area contributed by atoms with Crippen molar-refractivity contribution < 1.29 is 8.42 Å². The molecule has 5 nitrogen and oxygen atoms in total. The second kappa shape index (κ2) is 6.12. The highest BCUT2D eigenvalue weighted by Gasteiger charge is 2.11. The lowest BCUT2D eigenvalue weighted by atomic mass is 10.4. The van der Waals surface area contributed by atoms with Gasteiger partial charge >= 0.3 is 0 Å². The van der Waals surface area contributed by atoms with Gasteiger partial charge in [0.25, 0.3) is 0 Å². The lowest BCUT2D eigenvalue weighted by Crippen LogP contribution is -2.29. The summed E-state index contributed by atoms with van der Waals surface area (Å²) in [5, 5.41) is 9.98. The van der Waals surface area contributed by atoms with Gasteiger partial charge in [0.15, 0.2) is 0 Å². The normalized spacial score (nSPS) is 17.4. The standard InChI is InChI=1S/C11H19N3O2S2/c12-18(15,16)11-7-10(17-9-11)8-13-3-6-14-4-1-2-5-14/h7,9,13H,1-6,8H2,(H2,12,15,16). The molecule has 2 rings (SSSR count). The summed E-state index contributed by atoms with van der Waals surface area (Å²) in [6.45, 7) is 5.11. The Morgan fingerprint density at radius 3 is 2.72 bits per heavy atom. The fraction of sp³-hybridized carbons (Fsp3) is 0.636. The molecule has 0 unspecified atom stereocenters. The number of nitrogens with two attached hydrogens (primary N) is 1. The summed E-state index contributed by atoms with van der Waals surface area (Å²) >= 11 is 1.42. The SMILES string of the molecule is NS(=O)(=O)c1csc(CNCCN2CCCC2)c1. The lowest BCUT2D eigenvalue weighted by Gasteiger charge is -2.14. The summed E-state index contributed by atoms with van der Waals surface area (Å²) < 4.78 is 22.2. The average Bonchev–Trinajstić information content (AvgIpc) is 2.95. The Kier molecular flexibility index (Phi) is 4.74. The summed E-state index contributed by atoms with van der Waals surface area (Å²) in [5.41, 5.74) is 0. The Balaban J connectivity index is 1.71. The van der Waals surface area contributed by atoms with E-state index >= 15 is 0 Å². The first-order chi connectivity index (χ1) is 8.55. The molecule has 3 N–H and O–H groups in total. The predicted molar refractivity (Wildman–Crippen MR) is 73.1 cm³/mol. The van der Waals surface area contributed by atoms with Gasteiger partial charge in [0.05, 0.1) is 4.90 Å². The molecule has 1 aliphatic heterocycles.